The Morgan fingerprint density at radius 3 is 1.04 bits per heavy atom. The molecule has 0 spiro atoms. The molecule has 3 heteroatoms. The summed E-state index contributed by atoms with van der Waals surface area (Å²) in [6.45, 7) is 4.62. The van der Waals surface area contributed by atoms with E-state index < -0.39 is 0 Å². The Morgan fingerprint density at radius 2 is 0.686 bits per heavy atom. The van der Waals surface area contributed by atoms with Gasteiger partial charge >= 0.3 is 0 Å². The normalized spacial score (nSPS) is 11.7. The Bertz CT molecular complexity index is 989. The molecule has 0 aliphatic heterocycles. The zero-order chi connectivity index (χ0) is 36.3. The molecule has 0 saturated heterocycles. The van der Waals surface area contributed by atoms with Crippen LogP contribution in [0.4, 0.5) is 0 Å². The first kappa shape index (κ1) is 47.0. The van der Waals surface area contributed by atoms with Crippen LogP contribution in [0.5, 0.6) is 0 Å². The van der Waals surface area contributed by atoms with Gasteiger partial charge in [0.1, 0.15) is 0 Å². The van der Waals surface area contributed by atoms with Crippen molar-refractivity contribution in [2.75, 3.05) is 0 Å². The van der Waals surface area contributed by atoms with E-state index in [-0.39, 0.29) is 0 Å². The van der Waals surface area contributed by atoms with Gasteiger partial charge in [-0.1, -0.05) is 232 Å². The molecule has 0 nitrogen and oxygen atoms in total. The van der Waals surface area contributed by atoms with Crippen molar-refractivity contribution in [2.24, 2.45) is 0 Å². The molecule has 0 bridgehead atoms. The number of unbranched alkanes of at least 4 members (excludes halogenated alkanes) is 34. The summed E-state index contributed by atoms with van der Waals surface area (Å²) in [5.41, 5.74) is 3.09. The molecule has 0 unspecified atom stereocenters. The van der Waals surface area contributed by atoms with Crippen LogP contribution in [-0.4, -0.2) is 0 Å². The fourth-order valence-electron chi connectivity index (χ4n) is 7.78. The van der Waals surface area contributed by atoms with E-state index in [1.807, 2.05) is 22.7 Å². The summed E-state index contributed by atoms with van der Waals surface area (Å²) >= 11 is 7.81. The van der Waals surface area contributed by atoms with Gasteiger partial charge in [0.2, 0.25) is 0 Å². The molecule has 0 aromatic carbocycles. The molecule has 2 aromatic heterocycles. The van der Waals surface area contributed by atoms with Crippen LogP contribution in [0.3, 0.4) is 0 Å². The van der Waals surface area contributed by atoms with E-state index in [0.29, 0.717) is 0 Å². The summed E-state index contributed by atoms with van der Waals surface area (Å²) in [6.07, 6.45) is 54.5. The van der Waals surface area contributed by atoms with Crippen LogP contribution in [-0.2, 0) is 12.8 Å². The minimum Gasteiger partial charge on any atom is -0.143 e. The largest absolute Gasteiger partial charge is 0.143 e. The maximum atomic E-state index is 3.91. The van der Waals surface area contributed by atoms with E-state index in [2.05, 4.69) is 47.3 Å². The standard InChI is InChI=1S/C48H85BrS2/c1-3-5-7-9-11-13-15-17-19-21-23-25-27-29-31-33-35-37-39-44-41-46(50-43-44)47-42-45(48(49)51-47)40-38-36-34-32-30-28-26-24-22-20-18-16-14-12-10-8-6-4-2/h41-43H,3-40H2,1-2H3. The Morgan fingerprint density at radius 1 is 0.373 bits per heavy atom. The average Bonchev–Trinajstić information content (AvgIpc) is 3.76. The lowest BCUT2D eigenvalue weighted by Crippen LogP contribution is -1.86. The number of hydrogen-bond acceptors (Lipinski definition) is 2. The number of hydrogen-bond donors (Lipinski definition) is 0. The molecule has 0 aliphatic carbocycles. The van der Waals surface area contributed by atoms with Gasteiger partial charge in [0.25, 0.3) is 0 Å². The molecular weight excluding hydrogens is 721 g/mol. The summed E-state index contributed by atoms with van der Waals surface area (Å²) in [6, 6.07) is 4.96. The first-order chi connectivity index (χ1) is 25.2. The topological polar surface area (TPSA) is 0 Å². The van der Waals surface area contributed by atoms with Crippen LogP contribution < -0.4 is 0 Å². The van der Waals surface area contributed by atoms with Crippen molar-refractivity contribution in [3.8, 4) is 9.75 Å². The molecule has 51 heavy (non-hydrogen) atoms. The van der Waals surface area contributed by atoms with Gasteiger partial charge in [-0.05, 0) is 70.3 Å². The third-order valence-electron chi connectivity index (χ3n) is 11.3. The predicted octanol–water partition coefficient (Wildman–Crippen LogP) is 19.4. The van der Waals surface area contributed by atoms with Gasteiger partial charge < -0.3 is 0 Å². The van der Waals surface area contributed by atoms with Crippen molar-refractivity contribution < 1.29 is 0 Å². The van der Waals surface area contributed by atoms with E-state index in [4.69, 9.17) is 0 Å². The number of rotatable bonds is 39. The summed E-state index contributed by atoms with van der Waals surface area (Å²) < 4.78 is 1.36. The minimum atomic E-state index is 1.23. The maximum Gasteiger partial charge on any atom is 0.0737 e. The fourth-order valence-corrected chi connectivity index (χ4v) is 10.6. The van der Waals surface area contributed by atoms with E-state index in [0.717, 1.165) is 0 Å². The molecule has 0 amide bonds. The van der Waals surface area contributed by atoms with Gasteiger partial charge in [0.05, 0.1) is 3.79 Å². The van der Waals surface area contributed by atoms with Crippen molar-refractivity contribution in [3.05, 3.63) is 32.4 Å². The van der Waals surface area contributed by atoms with E-state index >= 15 is 0 Å². The van der Waals surface area contributed by atoms with Gasteiger partial charge in [0.15, 0.2) is 0 Å². The highest BCUT2D eigenvalue weighted by Gasteiger charge is 2.11. The fraction of sp³-hybridized carbons (Fsp3) is 0.833. The Labute approximate surface area is 336 Å². The van der Waals surface area contributed by atoms with Crippen molar-refractivity contribution in [1.82, 2.24) is 0 Å². The summed E-state index contributed by atoms with van der Waals surface area (Å²) in [4.78, 5) is 2.94. The first-order valence-corrected chi connectivity index (χ1v) is 25.6. The van der Waals surface area contributed by atoms with Crippen LogP contribution in [0.1, 0.15) is 256 Å². The van der Waals surface area contributed by atoms with E-state index in [1.54, 1.807) is 5.56 Å². The smallest absolute Gasteiger partial charge is 0.0737 e. The molecule has 296 valence electrons. The Kier molecular flexibility index (Phi) is 32.8. The summed E-state index contributed by atoms with van der Waals surface area (Å²) in [7, 11) is 0. The monoisotopic (exact) mass is 805 g/mol. The second kappa shape index (κ2) is 35.6. The van der Waals surface area contributed by atoms with Crippen molar-refractivity contribution in [1.29, 1.82) is 0 Å². The van der Waals surface area contributed by atoms with Gasteiger partial charge in [-0.3, -0.25) is 0 Å². The van der Waals surface area contributed by atoms with Crippen molar-refractivity contribution in [3.63, 3.8) is 0 Å². The Hall–Kier alpha value is -0.120. The van der Waals surface area contributed by atoms with Crippen LogP contribution in [0.25, 0.3) is 9.75 Å². The van der Waals surface area contributed by atoms with Gasteiger partial charge in [-0.25, -0.2) is 0 Å². The van der Waals surface area contributed by atoms with Crippen molar-refractivity contribution in [2.45, 2.75) is 258 Å². The first-order valence-electron chi connectivity index (χ1n) is 23.1. The number of halogens is 1. The lowest BCUT2D eigenvalue weighted by molar-refractivity contribution is 0.525. The highest BCUT2D eigenvalue weighted by atomic mass is 79.9. The molecule has 0 radical (unpaired) electrons. The molecule has 2 aromatic rings. The summed E-state index contributed by atoms with van der Waals surface area (Å²) in [5.74, 6) is 0. The third-order valence-corrected chi connectivity index (χ3v) is 14.4. The van der Waals surface area contributed by atoms with Crippen molar-refractivity contribution >= 4 is 38.6 Å². The molecule has 2 heterocycles. The lowest BCUT2D eigenvalue weighted by Gasteiger charge is -2.04. The molecule has 0 fully saturated rings. The maximum absolute atomic E-state index is 3.91. The molecule has 0 atom stereocenters. The highest BCUT2D eigenvalue weighted by molar-refractivity contribution is 9.11. The van der Waals surface area contributed by atoms with Crippen LogP contribution >= 0.6 is 38.6 Å². The number of aryl methyl sites for hydroxylation is 2. The van der Waals surface area contributed by atoms with E-state index in [9.17, 15) is 0 Å². The van der Waals surface area contributed by atoms with Crippen LogP contribution in [0.15, 0.2) is 21.3 Å². The van der Waals surface area contributed by atoms with Crippen LogP contribution in [0, 0.1) is 0 Å². The zero-order valence-corrected chi connectivity index (χ0v) is 37.5. The second-order valence-electron chi connectivity index (χ2n) is 16.2. The average molecular weight is 806 g/mol. The number of thiophene rings is 2. The second-order valence-corrected chi connectivity index (χ2v) is 19.5. The molecular formula is C48H85BrS2. The molecule has 0 N–H and O–H groups in total. The quantitative estimate of drug-likeness (QED) is 0.0591. The van der Waals surface area contributed by atoms with Gasteiger partial charge in [0, 0.05) is 9.75 Å². The molecule has 0 saturated carbocycles. The minimum absolute atomic E-state index is 1.23. The lowest BCUT2D eigenvalue weighted by atomic mass is 10.0. The van der Waals surface area contributed by atoms with Gasteiger partial charge in [-0.2, -0.15) is 0 Å². The van der Waals surface area contributed by atoms with Gasteiger partial charge in [-0.15, -0.1) is 22.7 Å². The van der Waals surface area contributed by atoms with Crippen LogP contribution in [0.2, 0.25) is 0 Å². The molecule has 0 aliphatic rings. The summed E-state index contributed by atoms with van der Waals surface area (Å²) in [5, 5.41) is 2.42. The zero-order valence-electron chi connectivity index (χ0n) is 34.3. The third kappa shape index (κ3) is 27.2. The molecule has 2 rings (SSSR count). The van der Waals surface area contributed by atoms with E-state index in [1.165, 1.54) is 263 Å². The Balaban J connectivity index is 1.38. The SMILES string of the molecule is CCCCCCCCCCCCCCCCCCCCc1csc(-c2cc(CCCCCCCCCCCCCCCCCCCC)c(Br)s2)c1. The predicted molar refractivity (Wildman–Crippen MR) is 240 cm³/mol. The highest BCUT2D eigenvalue weighted by Crippen LogP contribution is 2.39.